The van der Waals surface area contributed by atoms with Crippen LogP contribution >= 0.6 is 0 Å². The van der Waals surface area contributed by atoms with Gasteiger partial charge in [-0.25, -0.2) is 0 Å². The number of aromatic nitrogens is 1. The molecule has 0 atom stereocenters. The van der Waals surface area contributed by atoms with E-state index in [4.69, 9.17) is 0 Å². The Morgan fingerprint density at radius 2 is 2.21 bits per heavy atom. The Balaban J connectivity index is 2.48. The maximum atomic E-state index is 10.3. The lowest BCUT2D eigenvalue weighted by atomic mass is 10.1. The van der Waals surface area contributed by atoms with Gasteiger partial charge in [0.15, 0.2) is 0 Å². The van der Waals surface area contributed by atoms with E-state index in [1.807, 2.05) is 13.1 Å². The van der Waals surface area contributed by atoms with Crippen LogP contribution in [0.4, 0.5) is 0 Å². The minimum absolute atomic E-state index is 0.605. The first-order valence-corrected chi connectivity index (χ1v) is 4.79. The van der Waals surface area contributed by atoms with Crippen LogP contribution in [0.2, 0.25) is 0 Å². The van der Waals surface area contributed by atoms with Crippen molar-refractivity contribution < 1.29 is 4.79 Å². The highest BCUT2D eigenvalue weighted by Gasteiger charge is 2.02. The molecule has 1 heterocycles. The molecule has 1 aromatic heterocycles. The third-order valence-corrected chi connectivity index (χ3v) is 2.55. The number of hydrogen-bond acceptors (Lipinski definition) is 1. The molecule has 0 aliphatic rings. The van der Waals surface area contributed by atoms with Gasteiger partial charge in [0, 0.05) is 30.6 Å². The summed E-state index contributed by atoms with van der Waals surface area (Å²) in [6.45, 7) is 0. The van der Waals surface area contributed by atoms with Gasteiger partial charge in [-0.2, -0.15) is 0 Å². The van der Waals surface area contributed by atoms with E-state index in [1.54, 1.807) is 0 Å². The third kappa shape index (κ3) is 1.43. The number of rotatable bonds is 3. The summed E-state index contributed by atoms with van der Waals surface area (Å²) >= 11 is 0. The molecule has 0 bridgehead atoms. The van der Waals surface area contributed by atoms with Crippen LogP contribution in [0.25, 0.3) is 10.9 Å². The van der Waals surface area contributed by atoms with Gasteiger partial charge in [0.05, 0.1) is 0 Å². The largest absolute Gasteiger partial charge is 0.351 e. The number of nitrogens with zero attached hydrogens (tertiary/aromatic N) is 1. The first-order valence-electron chi connectivity index (χ1n) is 4.79. The molecule has 0 saturated heterocycles. The van der Waals surface area contributed by atoms with Crippen molar-refractivity contribution in [1.29, 1.82) is 0 Å². The van der Waals surface area contributed by atoms with Crippen LogP contribution in [-0.2, 0) is 18.3 Å². The van der Waals surface area contributed by atoms with Gasteiger partial charge in [0.2, 0.25) is 0 Å². The molecular weight excluding hydrogens is 174 g/mol. The molecule has 0 N–H and O–H groups in total. The summed E-state index contributed by atoms with van der Waals surface area (Å²) in [6.07, 6.45) is 4.47. The van der Waals surface area contributed by atoms with E-state index >= 15 is 0 Å². The van der Waals surface area contributed by atoms with Gasteiger partial charge in [-0.3, -0.25) is 0 Å². The van der Waals surface area contributed by atoms with Gasteiger partial charge in [0.25, 0.3) is 0 Å². The van der Waals surface area contributed by atoms with Crippen molar-refractivity contribution >= 4 is 17.2 Å². The summed E-state index contributed by atoms with van der Waals surface area (Å²) in [7, 11) is 2.03. The molecule has 0 saturated carbocycles. The van der Waals surface area contributed by atoms with E-state index in [1.165, 1.54) is 16.5 Å². The average Bonchev–Trinajstić information content (AvgIpc) is 2.58. The number of fused-ring (bicyclic) bond motifs is 1. The van der Waals surface area contributed by atoms with Gasteiger partial charge in [-0.15, -0.1) is 0 Å². The maximum Gasteiger partial charge on any atom is 0.120 e. The van der Waals surface area contributed by atoms with Crippen molar-refractivity contribution in [3.63, 3.8) is 0 Å². The van der Waals surface area contributed by atoms with Crippen molar-refractivity contribution in [2.75, 3.05) is 0 Å². The highest BCUT2D eigenvalue weighted by atomic mass is 16.1. The van der Waals surface area contributed by atoms with Crippen molar-refractivity contribution in [1.82, 2.24) is 4.57 Å². The molecule has 0 aliphatic heterocycles. The predicted molar refractivity (Wildman–Crippen MR) is 57.3 cm³/mol. The van der Waals surface area contributed by atoms with Crippen LogP contribution in [-0.4, -0.2) is 10.9 Å². The molecule has 14 heavy (non-hydrogen) atoms. The number of benzene rings is 1. The number of hydrogen-bond donors (Lipinski definition) is 0. The van der Waals surface area contributed by atoms with Gasteiger partial charge >= 0.3 is 0 Å². The first kappa shape index (κ1) is 9.00. The summed E-state index contributed by atoms with van der Waals surface area (Å²) in [5.74, 6) is 0. The molecule has 72 valence electrons. The third-order valence-electron chi connectivity index (χ3n) is 2.55. The van der Waals surface area contributed by atoms with Crippen LogP contribution in [0, 0.1) is 0 Å². The van der Waals surface area contributed by atoms with E-state index in [9.17, 15) is 4.79 Å². The molecule has 0 spiro atoms. The summed E-state index contributed by atoms with van der Waals surface area (Å²) < 4.78 is 2.10. The molecule has 0 unspecified atom stereocenters. The predicted octanol–water partition coefficient (Wildman–Crippen LogP) is 2.31. The molecule has 2 aromatic rings. The minimum Gasteiger partial charge on any atom is -0.351 e. The smallest absolute Gasteiger partial charge is 0.120 e. The fourth-order valence-corrected chi connectivity index (χ4v) is 1.80. The Bertz CT molecular complexity index is 456. The number of aldehydes is 1. The second-order valence-electron chi connectivity index (χ2n) is 3.48. The SMILES string of the molecule is Cn1ccc2c(CCC=O)cccc21. The van der Waals surface area contributed by atoms with Crippen molar-refractivity contribution in [3.8, 4) is 0 Å². The molecule has 0 aliphatic carbocycles. The topological polar surface area (TPSA) is 22.0 Å². The Hall–Kier alpha value is -1.57. The van der Waals surface area contributed by atoms with Crippen LogP contribution in [0.3, 0.4) is 0 Å². The second kappa shape index (κ2) is 3.66. The maximum absolute atomic E-state index is 10.3. The lowest BCUT2D eigenvalue weighted by Gasteiger charge is -2.01. The lowest BCUT2D eigenvalue weighted by Crippen LogP contribution is -1.88. The summed E-state index contributed by atoms with van der Waals surface area (Å²) in [5.41, 5.74) is 2.49. The van der Waals surface area contributed by atoms with Crippen LogP contribution in [0.1, 0.15) is 12.0 Å². The van der Waals surface area contributed by atoms with Crippen LogP contribution in [0.15, 0.2) is 30.5 Å². The van der Waals surface area contributed by atoms with E-state index in [0.717, 1.165) is 12.7 Å². The summed E-state index contributed by atoms with van der Waals surface area (Å²) in [4.78, 5) is 10.3. The monoisotopic (exact) mass is 187 g/mol. The highest BCUT2D eigenvalue weighted by molar-refractivity contribution is 5.83. The Kier molecular flexibility index (Phi) is 2.35. The molecular formula is C12H13NO. The molecule has 2 rings (SSSR count). The molecule has 2 nitrogen and oxygen atoms in total. The van der Waals surface area contributed by atoms with Crippen molar-refractivity contribution in [3.05, 3.63) is 36.0 Å². The molecule has 1 aromatic carbocycles. The van der Waals surface area contributed by atoms with E-state index in [0.29, 0.717) is 6.42 Å². The summed E-state index contributed by atoms with van der Waals surface area (Å²) in [5, 5.41) is 1.26. The lowest BCUT2D eigenvalue weighted by molar-refractivity contribution is -0.107. The quantitative estimate of drug-likeness (QED) is 0.676. The highest BCUT2D eigenvalue weighted by Crippen LogP contribution is 2.20. The molecule has 0 fully saturated rings. The zero-order valence-electron chi connectivity index (χ0n) is 8.23. The average molecular weight is 187 g/mol. The van der Waals surface area contributed by atoms with Gasteiger partial charge in [-0.05, 0) is 24.1 Å². The molecule has 0 radical (unpaired) electrons. The summed E-state index contributed by atoms with van der Waals surface area (Å²) in [6, 6.07) is 8.34. The molecule has 2 heteroatoms. The van der Waals surface area contributed by atoms with Gasteiger partial charge in [-0.1, -0.05) is 12.1 Å². The molecule has 0 amide bonds. The van der Waals surface area contributed by atoms with E-state index < -0.39 is 0 Å². The Morgan fingerprint density at radius 1 is 1.36 bits per heavy atom. The van der Waals surface area contributed by atoms with Gasteiger partial charge < -0.3 is 9.36 Å². The Morgan fingerprint density at radius 3 is 3.00 bits per heavy atom. The van der Waals surface area contributed by atoms with E-state index in [-0.39, 0.29) is 0 Å². The standard InChI is InChI=1S/C12H13NO/c1-13-8-7-11-10(5-3-9-14)4-2-6-12(11)13/h2,4,6-9H,3,5H2,1H3. The zero-order valence-corrected chi connectivity index (χ0v) is 8.23. The van der Waals surface area contributed by atoms with E-state index in [2.05, 4.69) is 29.0 Å². The first-order chi connectivity index (χ1) is 6.83. The van der Waals surface area contributed by atoms with Crippen LogP contribution in [0.5, 0.6) is 0 Å². The van der Waals surface area contributed by atoms with Crippen molar-refractivity contribution in [2.24, 2.45) is 7.05 Å². The Labute approximate surface area is 83.2 Å². The fraction of sp³-hybridized carbons (Fsp3) is 0.250. The number of aryl methyl sites for hydroxylation is 2. The van der Waals surface area contributed by atoms with Crippen molar-refractivity contribution in [2.45, 2.75) is 12.8 Å². The van der Waals surface area contributed by atoms with Gasteiger partial charge in [0.1, 0.15) is 6.29 Å². The fourth-order valence-electron chi connectivity index (χ4n) is 1.80. The second-order valence-corrected chi connectivity index (χ2v) is 3.48. The zero-order chi connectivity index (χ0) is 9.97. The minimum atomic E-state index is 0.605. The normalized spacial score (nSPS) is 10.6. The van der Waals surface area contributed by atoms with Crippen LogP contribution < -0.4 is 0 Å². The number of carbonyl (C=O) groups excluding carboxylic acids is 1. The number of carbonyl (C=O) groups is 1.